The SMILES string of the molecule is Clc1ccnc(Cl)c1C1CCO1. The molecule has 1 aromatic rings. The van der Waals surface area contributed by atoms with Crippen molar-refractivity contribution in [3.05, 3.63) is 28.0 Å². The molecule has 0 aromatic carbocycles. The Morgan fingerprint density at radius 2 is 2.25 bits per heavy atom. The third-order valence-electron chi connectivity index (χ3n) is 1.91. The van der Waals surface area contributed by atoms with E-state index in [1.165, 1.54) is 0 Å². The zero-order valence-corrected chi connectivity index (χ0v) is 7.77. The van der Waals surface area contributed by atoms with Crippen LogP contribution in [-0.4, -0.2) is 11.6 Å². The van der Waals surface area contributed by atoms with E-state index in [2.05, 4.69) is 4.98 Å². The van der Waals surface area contributed by atoms with Gasteiger partial charge in [-0.15, -0.1) is 0 Å². The number of rotatable bonds is 1. The number of ether oxygens (including phenoxy) is 1. The van der Waals surface area contributed by atoms with Crippen LogP contribution in [0.5, 0.6) is 0 Å². The summed E-state index contributed by atoms with van der Waals surface area (Å²) in [7, 11) is 0. The summed E-state index contributed by atoms with van der Waals surface area (Å²) < 4.78 is 5.27. The molecule has 1 unspecified atom stereocenters. The lowest BCUT2D eigenvalue weighted by Gasteiger charge is -2.27. The van der Waals surface area contributed by atoms with Crippen molar-refractivity contribution in [1.82, 2.24) is 4.98 Å². The fraction of sp³-hybridized carbons (Fsp3) is 0.375. The van der Waals surface area contributed by atoms with Crippen molar-refractivity contribution >= 4 is 23.2 Å². The van der Waals surface area contributed by atoms with Gasteiger partial charge in [-0.05, 0) is 6.07 Å². The summed E-state index contributed by atoms with van der Waals surface area (Å²) >= 11 is 11.8. The first-order valence-corrected chi connectivity index (χ1v) is 4.46. The zero-order chi connectivity index (χ0) is 8.55. The van der Waals surface area contributed by atoms with Gasteiger partial charge in [0.05, 0.1) is 17.7 Å². The van der Waals surface area contributed by atoms with Crippen molar-refractivity contribution in [2.45, 2.75) is 12.5 Å². The van der Waals surface area contributed by atoms with E-state index in [0.717, 1.165) is 18.6 Å². The van der Waals surface area contributed by atoms with Crippen molar-refractivity contribution in [3.63, 3.8) is 0 Å². The predicted molar refractivity (Wildman–Crippen MR) is 47.6 cm³/mol. The van der Waals surface area contributed by atoms with E-state index in [9.17, 15) is 0 Å². The second-order valence-electron chi connectivity index (χ2n) is 2.65. The minimum atomic E-state index is 0.0544. The molecular formula is C8H7Cl2NO. The summed E-state index contributed by atoms with van der Waals surface area (Å²) in [5.41, 5.74) is 0.826. The normalized spacial score (nSPS) is 22.0. The van der Waals surface area contributed by atoms with Gasteiger partial charge in [0.1, 0.15) is 5.15 Å². The molecule has 0 aliphatic carbocycles. The second kappa shape index (κ2) is 3.21. The molecule has 64 valence electrons. The number of pyridine rings is 1. The average Bonchev–Trinajstić information content (AvgIpc) is 1.93. The van der Waals surface area contributed by atoms with E-state index in [1.807, 2.05) is 0 Å². The molecule has 2 nitrogen and oxygen atoms in total. The second-order valence-corrected chi connectivity index (χ2v) is 3.41. The van der Waals surface area contributed by atoms with Crippen molar-refractivity contribution in [3.8, 4) is 0 Å². The van der Waals surface area contributed by atoms with E-state index in [-0.39, 0.29) is 6.10 Å². The molecule has 1 atom stereocenters. The topological polar surface area (TPSA) is 22.1 Å². The van der Waals surface area contributed by atoms with Gasteiger partial charge in [-0.2, -0.15) is 0 Å². The molecule has 1 aliphatic heterocycles. The van der Waals surface area contributed by atoms with E-state index < -0.39 is 0 Å². The van der Waals surface area contributed by atoms with Crippen LogP contribution < -0.4 is 0 Å². The summed E-state index contributed by atoms with van der Waals surface area (Å²) in [6.07, 6.45) is 2.62. The van der Waals surface area contributed by atoms with Gasteiger partial charge in [0.25, 0.3) is 0 Å². The monoisotopic (exact) mass is 203 g/mol. The smallest absolute Gasteiger partial charge is 0.136 e. The lowest BCUT2D eigenvalue weighted by Crippen LogP contribution is -2.19. The lowest BCUT2D eigenvalue weighted by atomic mass is 10.1. The molecule has 2 heterocycles. The summed E-state index contributed by atoms with van der Waals surface area (Å²) in [4.78, 5) is 3.94. The maximum Gasteiger partial charge on any atom is 0.136 e. The fourth-order valence-electron chi connectivity index (χ4n) is 1.18. The first kappa shape index (κ1) is 8.30. The Morgan fingerprint density at radius 1 is 1.50 bits per heavy atom. The minimum absolute atomic E-state index is 0.0544. The summed E-state index contributed by atoms with van der Waals surface area (Å²) in [5.74, 6) is 0. The van der Waals surface area contributed by atoms with Crippen molar-refractivity contribution in [2.24, 2.45) is 0 Å². The Morgan fingerprint density at radius 3 is 2.75 bits per heavy atom. The van der Waals surface area contributed by atoms with Gasteiger partial charge >= 0.3 is 0 Å². The maximum atomic E-state index is 5.93. The molecular weight excluding hydrogens is 197 g/mol. The van der Waals surface area contributed by atoms with E-state index in [0.29, 0.717) is 10.2 Å². The first-order chi connectivity index (χ1) is 5.79. The summed E-state index contributed by atoms with van der Waals surface area (Å²) in [6.45, 7) is 0.784. The quantitative estimate of drug-likeness (QED) is 0.656. The van der Waals surface area contributed by atoms with E-state index in [1.54, 1.807) is 12.3 Å². The summed E-state index contributed by atoms with van der Waals surface area (Å²) in [5, 5.41) is 1.09. The van der Waals surface area contributed by atoms with Crippen molar-refractivity contribution < 1.29 is 4.74 Å². The van der Waals surface area contributed by atoms with Crippen LogP contribution in [0.25, 0.3) is 0 Å². The highest BCUT2D eigenvalue weighted by molar-refractivity contribution is 6.35. The minimum Gasteiger partial charge on any atom is -0.373 e. The Labute approximate surface area is 80.5 Å². The van der Waals surface area contributed by atoms with Gasteiger partial charge in [-0.1, -0.05) is 23.2 Å². The van der Waals surface area contributed by atoms with Gasteiger partial charge in [0.15, 0.2) is 0 Å². The Hall–Kier alpha value is -0.310. The van der Waals surface area contributed by atoms with Crippen LogP contribution in [0, 0.1) is 0 Å². The predicted octanol–water partition coefficient (Wildman–Crippen LogP) is 2.85. The molecule has 0 bridgehead atoms. The molecule has 0 amide bonds. The Kier molecular flexibility index (Phi) is 2.22. The summed E-state index contributed by atoms with van der Waals surface area (Å²) in [6, 6.07) is 1.73. The average molecular weight is 204 g/mol. The van der Waals surface area contributed by atoms with Crippen LogP contribution in [0.4, 0.5) is 0 Å². The van der Waals surface area contributed by atoms with Gasteiger partial charge in [0.2, 0.25) is 0 Å². The molecule has 2 rings (SSSR count). The number of nitrogens with zero attached hydrogens (tertiary/aromatic N) is 1. The molecule has 1 aliphatic rings. The highest BCUT2D eigenvalue weighted by Crippen LogP contribution is 2.37. The van der Waals surface area contributed by atoms with Gasteiger partial charge in [0, 0.05) is 18.2 Å². The van der Waals surface area contributed by atoms with E-state index >= 15 is 0 Å². The van der Waals surface area contributed by atoms with Crippen LogP contribution in [0.15, 0.2) is 12.3 Å². The third kappa shape index (κ3) is 1.30. The number of hydrogen-bond donors (Lipinski definition) is 0. The molecule has 0 radical (unpaired) electrons. The lowest BCUT2D eigenvalue weighted by molar-refractivity contribution is -0.0527. The molecule has 1 fully saturated rings. The van der Waals surface area contributed by atoms with Gasteiger partial charge in [-0.3, -0.25) is 0 Å². The highest BCUT2D eigenvalue weighted by Gasteiger charge is 2.25. The highest BCUT2D eigenvalue weighted by atomic mass is 35.5. The fourth-order valence-corrected chi connectivity index (χ4v) is 1.77. The van der Waals surface area contributed by atoms with Crippen LogP contribution in [0.3, 0.4) is 0 Å². The van der Waals surface area contributed by atoms with Gasteiger partial charge < -0.3 is 4.74 Å². The van der Waals surface area contributed by atoms with Crippen LogP contribution >= 0.6 is 23.2 Å². The molecule has 1 aromatic heterocycles. The Balaban J connectivity index is 2.39. The molecule has 0 saturated carbocycles. The molecule has 0 spiro atoms. The number of hydrogen-bond acceptors (Lipinski definition) is 2. The van der Waals surface area contributed by atoms with Crippen LogP contribution in [-0.2, 0) is 4.74 Å². The molecule has 12 heavy (non-hydrogen) atoms. The number of aromatic nitrogens is 1. The van der Waals surface area contributed by atoms with E-state index in [4.69, 9.17) is 27.9 Å². The van der Waals surface area contributed by atoms with Crippen molar-refractivity contribution in [2.75, 3.05) is 6.61 Å². The largest absolute Gasteiger partial charge is 0.373 e. The number of halogens is 2. The van der Waals surface area contributed by atoms with Gasteiger partial charge in [-0.25, -0.2) is 4.98 Å². The Bertz CT molecular complexity index is 279. The van der Waals surface area contributed by atoms with Crippen molar-refractivity contribution in [1.29, 1.82) is 0 Å². The standard InChI is InChI=1S/C8H7Cl2NO/c9-5-1-3-11-8(10)7(5)6-2-4-12-6/h1,3,6H,2,4H2. The maximum absolute atomic E-state index is 5.93. The zero-order valence-electron chi connectivity index (χ0n) is 6.26. The molecule has 4 heteroatoms. The van der Waals surface area contributed by atoms with Crippen LogP contribution in [0.1, 0.15) is 18.1 Å². The van der Waals surface area contributed by atoms with Crippen LogP contribution in [0.2, 0.25) is 10.2 Å². The molecule has 0 N–H and O–H groups in total. The third-order valence-corrected chi connectivity index (χ3v) is 2.54. The first-order valence-electron chi connectivity index (χ1n) is 3.70. The molecule has 1 saturated heterocycles.